The molecule has 3 nitrogen and oxygen atoms in total. The highest BCUT2D eigenvalue weighted by Gasteiger charge is 2.16. The van der Waals surface area contributed by atoms with Crippen LogP contribution in [0.4, 0.5) is 0 Å². The molecule has 0 aliphatic carbocycles. The second-order valence-corrected chi connectivity index (χ2v) is 8.32. The Bertz CT molecular complexity index is 1450. The summed E-state index contributed by atoms with van der Waals surface area (Å²) < 4.78 is 0. The van der Waals surface area contributed by atoms with Crippen LogP contribution in [0.3, 0.4) is 0 Å². The monoisotopic (exact) mass is 416 g/mol. The van der Waals surface area contributed by atoms with Crippen molar-refractivity contribution in [1.82, 2.24) is 9.97 Å². The number of pyridine rings is 2. The maximum absolute atomic E-state index is 12.9. The molecule has 3 heteroatoms. The van der Waals surface area contributed by atoms with Gasteiger partial charge in [-0.05, 0) is 28.7 Å². The van der Waals surface area contributed by atoms with Gasteiger partial charge in [-0.15, -0.1) is 0 Å². The standard InChI is InChI=1S/C29H24N2O/c1-19(2)22-14-9-15-23(16-22)26-18-30-29(32)25-17-24(20-10-5-3-6-11-20)27(31-28(25)26)21-12-7-4-8-13-21/h3-19H,1-2H3,(H,30,32). The lowest BCUT2D eigenvalue weighted by Crippen LogP contribution is -2.08. The lowest BCUT2D eigenvalue weighted by atomic mass is 9.94. The second kappa shape index (κ2) is 8.27. The molecule has 0 fully saturated rings. The van der Waals surface area contributed by atoms with Gasteiger partial charge < -0.3 is 4.98 Å². The van der Waals surface area contributed by atoms with Gasteiger partial charge in [-0.2, -0.15) is 0 Å². The van der Waals surface area contributed by atoms with E-state index in [1.165, 1.54) is 5.56 Å². The number of fused-ring (bicyclic) bond motifs is 1. The smallest absolute Gasteiger partial charge is 0.257 e. The summed E-state index contributed by atoms with van der Waals surface area (Å²) in [5, 5.41) is 0.594. The van der Waals surface area contributed by atoms with Crippen molar-refractivity contribution < 1.29 is 0 Å². The Morgan fingerprint density at radius 1 is 0.719 bits per heavy atom. The molecular weight excluding hydrogens is 392 g/mol. The fraction of sp³-hybridized carbons (Fsp3) is 0.103. The third-order valence-corrected chi connectivity index (χ3v) is 5.87. The highest BCUT2D eigenvalue weighted by Crippen LogP contribution is 2.35. The lowest BCUT2D eigenvalue weighted by molar-refractivity contribution is 0.867. The minimum atomic E-state index is -0.131. The molecule has 5 rings (SSSR count). The minimum Gasteiger partial charge on any atom is -0.328 e. The van der Waals surface area contributed by atoms with Gasteiger partial charge in [0.15, 0.2) is 0 Å². The van der Waals surface area contributed by atoms with Crippen molar-refractivity contribution in [2.45, 2.75) is 19.8 Å². The normalized spacial score (nSPS) is 11.2. The van der Waals surface area contributed by atoms with Crippen LogP contribution in [0.1, 0.15) is 25.3 Å². The number of H-pyrrole nitrogens is 1. The van der Waals surface area contributed by atoms with E-state index in [0.717, 1.165) is 33.5 Å². The average Bonchev–Trinajstić information content (AvgIpc) is 2.85. The lowest BCUT2D eigenvalue weighted by Gasteiger charge is -2.14. The summed E-state index contributed by atoms with van der Waals surface area (Å²) in [6.45, 7) is 4.37. The van der Waals surface area contributed by atoms with E-state index in [0.29, 0.717) is 16.8 Å². The van der Waals surface area contributed by atoms with E-state index in [2.05, 4.69) is 67.4 Å². The largest absolute Gasteiger partial charge is 0.328 e. The molecule has 0 radical (unpaired) electrons. The van der Waals surface area contributed by atoms with Gasteiger partial charge in [0, 0.05) is 22.9 Å². The molecule has 0 amide bonds. The zero-order chi connectivity index (χ0) is 22.1. The Hall–Kier alpha value is -3.98. The maximum Gasteiger partial charge on any atom is 0.257 e. The Kier molecular flexibility index (Phi) is 5.16. The molecule has 0 saturated carbocycles. The highest BCUT2D eigenvalue weighted by molar-refractivity contribution is 5.98. The fourth-order valence-corrected chi connectivity index (χ4v) is 4.11. The predicted molar refractivity (Wildman–Crippen MR) is 133 cm³/mol. The maximum atomic E-state index is 12.9. The Morgan fingerprint density at radius 3 is 2.06 bits per heavy atom. The number of aromatic nitrogens is 2. The number of rotatable bonds is 4. The third kappa shape index (κ3) is 3.63. The van der Waals surface area contributed by atoms with Gasteiger partial charge in [0.05, 0.1) is 16.6 Å². The summed E-state index contributed by atoms with van der Waals surface area (Å²) in [4.78, 5) is 20.9. The molecule has 0 atom stereocenters. The summed E-state index contributed by atoms with van der Waals surface area (Å²) in [6.07, 6.45) is 1.79. The molecule has 0 saturated heterocycles. The number of hydrogen-bond acceptors (Lipinski definition) is 2. The van der Waals surface area contributed by atoms with E-state index in [9.17, 15) is 4.79 Å². The van der Waals surface area contributed by atoms with Crippen molar-refractivity contribution in [3.8, 4) is 33.5 Å². The van der Waals surface area contributed by atoms with E-state index in [-0.39, 0.29) is 5.56 Å². The van der Waals surface area contributed by atoms with Crippen molar-refractivity contribution in [3.63, 3.8) is 0 Å². The molecule has 156 valence electrons. The van der Waals surface area contributed by atoms with Gasteiger partial charge in [0.25, 0.3) is 5.56 Å². The average molecular weight is 417 g/mol. The molecule has 0 unspecified atom stereocenters. The van der Waals surface area contributed by atoms with Crippen molar-refractivity contribution in [2.75, 3.05) is 0 Å². The first-order valence-electron chi connectivity index (χ1n) is 10.9. The zero-order valence-electron chi connectivity index (χ0n) is 18.2. The molecule has 5 aromatic rings. The van der Waals surface area contributed by atoms with E-state index >= 15 is 0 Å². The Morgan fingerprint density at radius 2 is 1.38 bits per heavy atom. The van der Waals surface area contributed by atoms with Crippen LogP contribution in [0.15, 0.2) is 102 Å². The van der Waals surface area contributed by atoms with Gasteiger partial charge in [0.2, 0.25) is 0 Å². The van der Waals surface area contributed by atoms with Gasteiger partial charge in [0.1, 0.15) is 0 Å². The Balaban J connectivity index is 1.84. The fourth-order valence-electron chi connectivity index (χ4n) is 4.11. The minimum absolute atomic E-state index is 0.131. The van der Waals surface area contributed by atoms with E-state index in [4.69, 9.17) is 4.98 Å². The van der Waals surface area contributed by atoms with Crippen LogP contribution in [0.25, 0.3) is 44.4 Å². The van der Waals surface area contributed by atoms with Gasteiger partial charge in [-0.25, -0.2) is 4.98 Å². The zero-order valence-corrected chi connectivity index (χ0v) is 18.2. The van der Waals surface area contributed by atoms with E-state index < -0.39 is 0 Å². The molecule has 0 aliphatic heterocycles. The van der Waals surface area contributed by atoms with Gasteiger partial charge in [-0.1, -0.05) is 98.8 Å². The molecule has 3 aromatic carbocycles. The van der Waals surface area contributed by atoms with Crippen molar-refractivity contribution in [3.05, 3.63) is 113 Å². The van der Waals surface area contributed by atoms with Crippen LogP contribution < -0.4 is 5.56 Å². The van der Waals surface area contributed by atoms with Gasteiger partial charge >= 0.3 is 0 Å². The quantitative estimate of drug-likeness (QED) is 0.341. The van der Waals surface area contributed by atoms with Crippen LogP contribution in [-0.2, 0) is 0 Å². The molecule has 2 heterocycles. The number of hydrogen-bond donors (Lipinski definition) is 1. The van der Waals surface area contributed by atoms with Crippen LogP contribution >= 0.6 is 0 Å². The first kappa shape index (κ1) is 20.0. The summed E-state index contributed by atoms with van der Waals surface area (Å²) in [5.41, 5.74) is 7.70. The predicted octanol–water partition coefficient (Wildman–Crippen LogP) is 7.05. The molecule has 2 aromatic heterocycles. The van der Waals surface area contributed by atoms with Crippen LogP contribution in [-0.4, -0.2) is 9.97 Å². The highest BCUT2D eigenvalue weighted by atomic mass is 16.1. The first-order chi connectivity index (χ1) is 15.6. The SMILES string of the molecule is CC(C)c1cccc(-c2c[nH]c(=O)c3cc(-c4ccccc4)c(-c4ccccc4)nc23)c1. The van der Waals surface area contributed by atoms with Crippen LogP contribution in [0.2, 0.25) is 0 Å². The first-order valence-corrected chi connectivity index (χ1v) is 10.9. The van der Waals surface area contributed by atoms with Gasteiger partial charge in [-0.3, -0.25) is 4.79 Å². The molecule has 1 N–H and O–H groups in total. The molecule has 32 heavy (non-hydrogen) atoms. The van der Waals surface area contributed by atoms with E-state index in [1.807, 2.05) is 42.5 Å². The van der Waals surface area contributed by atoms with Crippen LogP contribution in [0.5, 0.6) is 0 Å². The molecule has 0 spiro atoms. The van der Waals surface area contributed by atoms with Crippen LogP contribution in [0, 0.1) is 0 Å². The van der Waals surface area contributed by atoms with Crippen molar-refractivity contribution in [2.24, 2.45) is 0 Å². The van der Waals surface area contributed by atoms with Crippen molar-refractivity contribution in [1.29, 1.82) is 0 Å². The number of benzene rings is 3. The Labute approximate surface area is 187 Å². The summed E-state index contributed by atoms with van der Waals surface area (Å²) in [5.74, 6) is 0.418. The van der Waals surface area contributed by atoms with E-state index in [1.54, 1.807) is 6.20 Å². The summed E-state index contributed by atoms with van der Waals surface area (Å²) >= 11 is 0. The number of aromatic amines is 1. The third-order valence-electron chi connectivity index (χ3n) is 5.87. The topological polar surface area (TPSA) is 45.8 Å². The number of nitrogens with zero attached hydrogens (tertiary/aromatic N) is 1. The summed E-state index contributed by atoms with van der Waals surface area (Å²) in [7, 11) is 0. The molecule has 0 aliphatic rings. The van der Waals surface area contributed by atoms with Crippen molar-refractivity contribution >= 4 is 10.9 Å². The summed E-state index contributed by atoms with van der Waals surface area (Å²) in [6, 6.07) is 30.7. The number of nitrogens with one attached hydrogen (secondary N) is 1. The molecular formula is C29H24N2O. The molecule has 0 bridgehead atoms. The second-order valence-electron chi connectivity index (χ2n) is 8.32.